The summed E-state index contributed by atoms with van der Waals surface area (Å²) in [6, 6.07) is 6.17. The summed E-state index contributed by atoms with van der Waals surface area (Å²) in [4.78, 5) is 2.19. The van der Waals surface area contributed by atoms with Gasteiger partial charge in [0.15, 0.2) is 5.65 Å². The summed E-state index contributed by atoms with van der Waals surface area (Å²) >= 11 is 1.71. The first-order valence-corrected chi connectivity index (χ1v) is 7.16. The number of rotatable bonds is 5. The lowest BCUT2D eigenvalue weighted by Gasteiger charge is -2.24. The van der Waals surface area contributed by atoms with Crippen LogP contribution in [-0.2, 0) is 0 Å². The highest BCUT2D eigenvalue weighted by atomic mass is 32.1. The Kier molecular flexibility index (Phi) is 3.57. The van der Waals surface area contributed by atoms with Crippen LogP contribution < -0.4 is 5.32 Å². The average Bonchev–Trinajstić information content (AvgIpc) is 3.08. The van der Waals surface area contributed by atoms with Crippen molar-refractivity contribution in [1.82, 2.24) is 30.2 Å². The second-order valence-corrected chi connectivity index (χ2v) is 5.44. The Morgan fingerprint density at radius 1 is 1.35 bits per heavy atom. The Morgan fingerprint density at radius 3 is 3.00 bits per heavy atom. The van der Waals surface area contributed by atoms with Gasteiger partial charge in [-0.3, -0.25) is 0 Å². The Hall–Kier alpha value is -2.06. The van der Waals surface area contributed by atoms with Gasteiger partial charge in [0.05, 0.1) is 6.04 Å². The van der Waals surface area contributed by atoms with E-state index in [2.05, 4.69) is 61.8 Å². The van der Waals surface area contributed by atoms with Gasteiger partial charge in [0.1, 0.15) is 5.82 Å². The number of hydrogen-bond acceptors (Lipinski definition) is 7. The van der Waals surface area contributed by atoms with E-state index in [1.165, 1.54) is 10.2 Å². The zero-order chi connectivity index (χ0) is 13.9. The molecule has 0 fully saturated rings. The molecule has 0 bridgehead atoms. The molecular weight excluding hydrogens is 274 g/mol. The molecule has 0 saturated carbocycles. The zero-order valence-electron chi connectivity index (χ0n) is 11.3. The van der Waals surface area contributed by atoms with Crippen molar-refractivity contribution in [3.05, 3.63) is 34.5 Å². The third-order valence-electron chi connectivity index (χ3n) is 3.10. The number of tetrazole rings is 1. The Morgan fingerprint density at radius 2 is 2.25 bits per heavy atom. The van der Waals surface area contributed by atoms with Crippen molar-refractivity contribution >= 4 is 22.8 Å². The molecule has 0 spiro atoms. The van der Waals surface area contributed by atoms with Gasteiger partial charge in [0.25, 0.3) is 0 Å². The predicted molar refractivity (Wildman–Crippen MR) is 77.8 cm³/mol. The molecule has 7 nitrogen and oxygen atoms in total. The maximum Gasteiger partial charge on any atom is 0.200 e. The van der Waals surface area contributed by atoms with E-state index in [1.807, 2.05) is 12.1 Å². The van der Waals surface area contributed by atoms with E-state index in [-0.39, 0.29) is 0 Å². The molecule has 0 unspecified atom stereocenters. The van der Waals surface area contributed by atoms with Crippen LogP contribution in [0.4, 0.5) is 5.82 Å². The molecule has 20 heavy (non-hydrogen) atoms. The minimum Gasteiger partial charge on any atom is -0.367 e. The highest BCUT2D eigenvalue weighted by Crippen LogP contribution is 2.21. The van der Waals surface area contributed by atoms with E-state index in [0.29, 0.717) is 11.7 Å². The van der Waals surface area contributed by atoms with E-state index in [4.69, 9.17) is 0 Å². The molecule has 0 aliphatic heterocycles. The molecule has 1 N–H and O–H groups in total. The average molecular weight is 289 g/mol. The predicted octanol–water partition coefficient (Wildman–Crippen LogP) is 1.30. The second-order valence-electron chi connectivity index (χ2n) is 4.66. The minimum absolute atomic E-state index is 0.299. The molecular formula is C12H15N7S. The first-order chi connectivity index (χ1) is 9.74. The van der Waals surface area contributed by atoms with Crippen LogP contribution in [-0.4, -0.2) is 50.8 Å². The number of likely N-dealkylation sites (N-methyl/N-ethyl adjacent to an activating group) is 1. The van der Waals surface area contributed by atoms with Crippen LogP contribution in [0.25, 0.3) is 5.65 Å². The van der Waals surface area contributed by atoms with Crippen molar-refractivity contribution in [2.45, 2.75) is 6.04 Å². The highest BCUT2D eigenvalue weighted by Gasteiger charge is 2.14. The first kappa shape index (κ1) is 12.9. The lowest BCUT2D eigenvalue weighted by Crippen LogP contribution is -2.26. The van der Waals surface area contributed by atoms with E-state index >= 15 is 0 Å². The number of hydrogen-bond donors (Lipinski definition) is 1. The molecule has 0 aliphatic rings. The van der Waals surface area contributed by atoms with Crippen LogP contribution in [0.1, 0.15) is 11.6 Å². The minimum atomic E-state index is 0.299. The summed E-state index contributed by atoms with van der Waals surface area (Å²) < 4.78 is 1.41. The first-order valence-electron chi connectivity index (χ1n) is 6.22. The number of thiophene rings is 1. The van der Waals surface area contributed by atoms with Crippen molar-refractivity contribution in [2.24, 2.45) is 0 Å². The summed E-state index contributed by atoms with van der Waals surface area (Å²) in [7, 11) is 4.14. The number of fused-ring (bicyclic) bond motifs is 1. The number of anilines is 1. The third kappa shape index (κ3) is 2.61. The molecule has 0 saturated heterocycles. The number of nitrogens with one attached hydrogen (secondary N) is 1. The fourth-order valence-electron chi connectivity index (χ4n) is 2.01. The number of nitrogens with zero attached hydrogens (tertiary/aromatic N) is 6. The number of aromatic nitrogens is 5. The van der Waals surface area contributed by atoms with E-state index in [1.54, 1.807) is 11.3 Å². The molecule has 0 radical (unpaired) electrons. The van der Waals surface area contributed by atoms with Gasteiger partial charge >= 0.3 is 0 Å². The fraction of sp³-hybridized carbons (Fsp3) is 0.333. The molecule has 0 amide bonds. The van der Waals surface area contributed by atoms with Gasteiger partial charge in [-0.2, -0.15) is 11.3 Å². The lowest BCUT2D eigenvalue weighted by atomic mass is 10.1. The summed E-state index contributed by atoms with van der Waals surface area (Å²) in [5.41, 5.74) is 1.94. The zero-order valence-corrected chi connectivity index (χ0v) is 12.1. The molecule has 3 rings (SSSR count). The van der Waals surface area contributed by atoms with Gasteiger partial charge in [-0.05, 0) is 59.0 Å². The van der Waals surface area contributed by atoms with Crippen molar-refractivity contribution in [3.8, 4) is 0 Å². The van der Waals surface area contributed by atoms with Crippen LogP contribution >= 0.6 is 11.3 Å². The smallest absolute Gasteiger partial charge is 0.200 e. The molecule has 3 heterocycles. The van der Waals surface area contributed by atoms with Gasteiger partial charge in [-0.1, -0.05) is 0 Å². The molecule has 1 atom stereocenters. The summed E-state index contributed by atoms with van der Waals surface area (Å²) in [6.07, 6.45) is 0. The monoisotopic (exact) mass is 289 g/mol. The van der Waals surface area contributed by atoms with Gasteiger partial charge in [0, 0.05) is 6.54 Å². The van der Waals surface area contributed by atoms with Crippen LogP contribution in [0.5, 0.6) is 0 Å². The van der Waals surface area contributed by atoms with Gasteiger partial charge < -0.3 is 10.2 Å². The summed E-state index contributed by atoms with van der Waals surface area (Å²) in [5, 5.41) is 23.1. The topological polar surface area (TPSA) is 71.2 Å². The molecule has 3 aromatic heterocycles. The van der Waals surface area contributed by atoms with Crippen LogP contribution in [0.3, 0.4) is 0 Å². The SMILES string of the molecule is CN(C)[C@@H](CNc1ccc2nnnn2n1)c1ccsc1. The maximum absolute atomic E-state index is 4.30. The van der Waals surface area contributed by atoms with Crippen LogP contribution in [0, 0.1) is 0 Å². The van der Waals surface area contributed by atoms with Crippen molar-refractivity contribution < 1.29 is 0 Å². The largest absolute Gasteiger partial charge is 0.367 e. The molecule has 0 aliphatic carbocycles. The fourth-order valence-corrected chi connectivity index (χ4v) is 2.72. The van der Waals surface area contributed by atoms with Crippen molar-refractivity contribution in [2.75, 3.05) is 26.0 Å². The van der Waals surface area contributed by atoms with Crippen molar-refractivity contribution in [3.63, 3.8) is 0 Å². The maximum atomic E-state index is 4.30. The molecule has 0 aromatic carbocycles. The molecule has 104 valence electrons. The Labute approximate surface area is 120 Å². The third-order valence-corrected chi connectivity index (χ3v) is 3.80. The van der Waals surface area contributed by atoms with Gasteiger partial charge in [-0.15, -0.1) is 14.8 Å². The standard InChI is InChI=1S/C12H15N7S/c1-18(2)10(9-5-6-20-8-9)7-13-11-3-4-12-14-16-17-19(12)15-11/h3-6,8,10H,7H2,1-2H3,(H,13,15)/t10-/m0/s1. The van der Waals surface area contributed by atoms with Gasteiger partial charge in [-0.25, -0.2) is 0 Å². The highest BCUT2D eigenvalue weighted by molar-refractivity contribution is 7.07. The lowest BCUT2D eigenvalue weighted by molar-refractivity contribution is 0.312. The van der Waals surface area contributed by atoms with E-state index in [9.17, 15) is 0 Å². The second kappa shape index (κ2) is 5.51. The van der Waals surface area contributed by atoms with Crippen molar-refractivity contribution in [1.29, 1.82) is 0 Å². The van der Waals surface area contributed by atoms with E-state index in [0.717, 1.165) is 12.4 Å². The molecule has 3 aromatic rings. The Balaban J connectivity index is 1.73. The Bertz CT molecular complexity index is 676. The van der Waals surface area contributed by atoms with E-state index < -0.39 is 0 Å². The van der Waals surface area contributed by atoms with Gasteiger partial charge in [0.2, 0.25) is 0 Å². The van der Waals surface area contributed by atoms with Crippen LogP contribution in [0.2, 0.25) is 0 Å². The van der Waals surface area contributed by atoms with Crippen LogP contribution in [0.15, 0.2) is 29.0 Å². The normalized spacial score (nSPS) is 12.9. The molecule has 8 heteroatoms. The summed E-state index contributed by atoms with van der Waals surface area (Å²) in [5.74, 6) is 0.756. The quantitative estimate of drug-likeness (QED) is 0.763. The summed E-state index contributed by atoms with van der Waals surface area (Å²) in [6.45, 7) is 0.768.